The highest BCUT2D eigenvalue weighted by atomic mass is 35.5. The van der Waals surface area contributed by atoms with Crippen LogP contribution in [0.1, 0.15) is 27.0 Å². The first kappa shape index (κ1) is 19.9. The van der Waals surface area contributed by atoms with Crippen molar-refractivity contribution in [1.29, 1.82) is 0 Å². The van der Waals surface area contributed by atoms with Crippen LogP contribution in [0.2, 0.25) is 10.0 Å². The second-order valence-electron chi connectivity index (χ2n) is 6.17. The molecule has 0 saturated carbocycles. The molecule has 0 radical (unpaired) electrons. The number of carbonyl (C=O) groups is 1. The highest BCUT2D eigenvalue weighted by Crippen LogP contribution is 2.18. The van der Waals surface area contributed by atoms with Crippen LogP contribution in [0.3, 0.4) is 0 Å². The number of carbonyl (C=O) groups excluding carboxylic acids is 1. The summed E-state index contributed by atoms with van der Waals surface area (Å²) < 4.78 is 5.74. The lowest BCUT2D eigenvalue weighted by Gasteiger charge is -2.06. The smallest absolute Gasteiger partial charge is 0.272 e. The molecule has 0 bridgehead atoms. The van der Waals surface area contributed by atoms with E-state index in [0.29, 0.717) is 22.2 Å². The maximum Gasteiger partial charge on any atom is 0.272 e. The van der Waals surface area contributed by atoms with Crippen molar-refractivity contribution in [2.75, 3.05) is 0 Å². The van der Waals surface area contributed by atoms with E-state index in [1.807, 2.05) is 61.5 Å². The maximum absolute atomic E-state index is 12.1. The number of nitrogens with zero attached hydrogens (tertiary/aromatic N) is 1. The van der Waals surface area contributed by atoms with Gasteiger partial charge in [0.2, 0.25) is 0 Å². The number of ether oxygens (including phenoxy) is 1. The predicted octanol–water partition coefficient (Wildman–Crippen LogP) is 5.64. The number of aryl methyl sites for hydroxylation is 1. The van der Waals surface area contributed by atoms with Crippen LogP contribution in [0.4, 0.5) is 0 Å². The molecule has 0 spiro atoms. The van der Waals surface area contributed by atoms with Crippen LogP contribution < -0.4 is 10.2 Å². The molecule has 6 heteroatoms. The minimum absolute atomic E-state index is 0.357. The van der Waals surface area contributed by atoms with E-state index in [9.17, 15) is 4.79 Å². The lowest BCUT2D eigenvalue weighted by Crippen LogP contribution is -2.18. The van der Waals surface area contributed by atoms with E-state index in [1.165, 1.54) is 0 Å². The molecule has 0 fully saturated rings. The largest absolute Gasteiger partial charge is 0.489 e. The summed E-state index contributed by atoms with van der Waals surface area (Å²) in [5.41, 5.74) is 5.71. The second-order valence-corrected chi connectivity index (χ2v) is 7.01. The molecule has 0 atom stereocenters. The number of benzene rings is 3. The van der Waals surface area contributed by atoms with Gasteiger partial charge in [0, 0.05) is 5.02 Å². The standard InChI is InChI=1S/C22H18Cl2N2O2/c1-15-2-11-20(21(24)12-15)22(27)26-25-13-16-5-9-19(10-6-16)28-14-17-3-7-18(23)8-4-17/h2-13H,14H2,1H3,(H,26,27)/b25-13-. The van der Waals surface area contributed by atoms with Crippen molar-refractivity contribution < 1.29 is 9.53 Å². The molecule has 0 unspecified atom stereocenters. The maximum atomic E-state index is 12.1. The molecule has 142 valence electrons. The normalized spacial score (nSPS) is 10.8. The molecule has 3 aromatic carbocycles. The Morgan fingerprint density at radius 1 is 1.04 bits per heavy atom. The molecule has 0 aromatic heterocycles. The summed E-state index contributed by atoms with van der Waals surface area (Å²) in [6, 6.07) is 20.1. The summed E-state index contributed by atoms with van der Waals surface area (Å²) in [4.78, 5) is 12.1. The van der Waals surface area contributed by atoms with Crippen molar-refractivity contribution in [3.8, 4) is 5.75 Å². The molecule has 28 heavy (non-hydrogen) atoms. The highest BCUT2D eigenvalue weighted by Gasteiger charge is 2.09. The molecular formula is C22H18Cl2N2O2. The van der Waals surface area contributed by atoms with Crippen molar-refractivity contribution in [3.63, 3.8) is 0 Å². The van der Waals surface area contributed by atoms with E-state index < -0.39 is 0 Å². The Kier molecular flexibility index (Phi) is 6.69. The average molecular weight is 413 g/mol. The zero-order valence-corrected chi connectivity index (χ0v) is 16.7. The molecule has 1 amide bonds. The Morgan fingerprint density at radius 2 is 1.75 bits per heavy atom. The first-order valence-corrected chi connectivity index (χ1v) is 9.34. The fraction of sp³-hybridized carbons (Fsp3) is 0.0909. The Hall–Kier alpha value is -2.82. The van der Waals surface area contributed by atoms with E-state index in [2.05, 4.69) is 10.5 Å². The Morgan fingerprint density at radius 3 is 2.43 bits per heavy atom. The minimum Gasteiger partial charge on any atom is -0.489 e. The van der Waals surface area contributed by atoms with Crippen LogP contribution in [0.5, 0.6) is 5.75 Å². The Labute approximate surface area is 173 Å². The van der Waals surface area contributed by atoms with Gasteiger partial charge in [0.25, 0.3) is 5.91 Å². The summed E-state index contributed by atoms with van der Waals surface area (Å²) in [5.74, 6) is 0.381. The summed E-state index contributed by atoms with van der Waals surface area (Å²) in [5, 5.41) is 5.07. The molecule has 0 aliphatic carbocycles. The minimum atomic E-state index is -0.357. The fourth-order valence-corrected chi connectivity index (χ4v) is 2.87. The number of hydrazone groups is 1. The first-order valence-electron chi connectivity index (χ1n) is 8.58. The van der Waals surface area contributed by atoms with Crippen LogP contribution in [0.25, 0.3) is 0 Å². The van der Waals surface area contributed by atoms with E-state index in [0.717, 1.165) is 22.4 Å². The van der Waals surface area contributed by atoms with Gasteiger partial charge in [-0.15, -0.1) is 0 Å². The van der Waals surface area contributed by atoms with Crippen molar-refractivity contribution in [1.82, 2.24) is 5.43 Å². The number of hydrogen-bond donors (Lipinski definition) is 1. The molecule has 3 aromatic rings. The zero-order valence-electron chi connectivity index (χ0n) is 15.2. The van der Waals surface area contributed by atoms with E-state index in [4.69, 9.17) is 27.9 Å². The fourth-order valence-electron chi connectivity index (χ4n) is 2.43. The van der Waals surface area contributed by atoms with Gasteiger partial charge in [0.05, 0.1) is 16.8 Å². The molecule has 0 saturated heterocycles. The molecule has 4 nitrogen and oxygen atoms in total. The molecule has 0 aliphatic rings. The van der Waals surface area contributed by atoms with Crippen molar-refractivity contribution in [2.45, 2.75) is 13.5 Å². The molecule has 0 aliphatic heterocycles. The monoisotopic (exact) mass is 412 g/mol. The van der Waals surface area contributed by atoms with Crippen LogP contribution in [0.15, 0.2) is 71.8 Å². The van der Waals surface area contributed by atoms with Gasteiger partial charge in [0.1, 0.15) is 12.4 Å². The Balaban J connectivity index is 1.53. The zero-order chi connectivity index (χ0) is 19.9. The van der Waals surface area contributed by atoms with Crippen molar-refractivity contribution in [2.24, 2.45) is 5.10 Å². The van der Waals surface area contributed by atoms with Gasteiger partial charge in [-0.1, -0.05) is 41.4 Å². The number of nitrogens with one attached hydrogen (secondary N) is 1. The Bertz CT molecular complexity index is 984. The van der Waals surface area contributed by atoms with Crippen molar-refractivity contribution in [3.05, 3.63) is 99.0 Å². The summed E-state index contributed by atoms with van der Waals surface area (Å²) in [7, 11) is 0. The summed E-state index contributed by atoms with van der Waals surface area (Å²) in [6.07, 6.45) is 1.56. The predicted molar refractivity (Wildman–Crippen MR) is 113 cm³/mol. The summed E-state index contributed by atoms with van der Waals surface area (Å²) >= 11 is 12.0. The SMILES string of the molecule is Cc1ccc(C(=O)N/N=C\c2ccc(OCc3ccc(Cl)cc3)cc2)c(Cl)c1. The third-order valence-electron chi connectivity index (χ3n) is 3.95. The van der Waals surface area contributed by atoms with Gasteiger partial charge < -0.3 is 4.74 Å². The number of hydrogen-bond acceptors (Lipinski definition) is 3. The number of amides is 1. The van der Waals surface area contributed by atoms with Gasteiger partial charge in [-0.05, 0) is 72.1 Å². The summed E-state index contributed by atoms with van der Waals surface area (Å²) in [6.45, 7) is 2.37. The van der Waals surface area contributed by atoms with Crippen LogP contribution >= 0.6 is 23.2 Å². The molecular weight excluding hydrogens is 395 g/mol. The van der Waals surface area contributed by atoms with Gasteiger partial charge in [0.15, 0.2) is 0 Å². The lowest BCUT2D eigenvalue weighted by molar-refractivity contribution is 0.0955. The van der Waals surface area contributed by atoms with Gasteiger partial charge >= 0.3 is 0 Å². The molecule has 0 heterocycles. The van der Waals surface area contributed by atoms with Gasteiger partial charge in [-0.2, -0.15) is 5.10 Å². The van der Waals surface area contributed by atoms with E-state index >= 15 is 0 Å². The topological polar surface area (TPSA) is 50.7 Å². The highest BCUT2D eigenvalue weighted by molar-refractivity contribution is 6.33. The second kappa shape index (κ2) is 9.40. The number of halogens is 2. The van der Waals surface area contributed by atoms with E-state index in [1.54, 1.807) is 18.3 Å². The van der Waals surface area contributed by atoms with Gasteiger partial charge in [-0.25, -0.2) is 5.43 Å². The number of rotatable bonds is 6. The average Bonchev–Trinajstić information content (AvgIpc) is 2.68. The third kappa shape index (κ3) is 5.59. The lowest BCUT2D eigenvalue weighted by atomic mass is 10.1. The van der Waals surface area contributed by atoms with Crippen LogP contribution in [0, 0.1) is 6.92 Å². The van der Waals surface area contributed by atoms with Crippen molar-refractivity contribution >= 4 is 35.3 Å². The van der Waals surface area contributed by atoms with Gasteiger partial charge in [-0.3, -0.25) is 4.79 Å². The van der Waals surface area contributed by atoms with E-state index in [-0.39, 0.29) is 5.91 Å². The van der Waals surface area contributed by atoms with Crippen LogP contribution in [-0.2, 0) is 6.61 Å². The van der Waals surface area contributed by atoms with Crippen LogP contribution in [-0.4, -0.2) is 12.1 Å². The third-order valence-corrected chi connectivity index (χ3v) is 4.51. The quantitative estimate of drug-likeness (QED) is 0.420. The first-order chi connectivity index (χ1) is 13.5. The molecule has 1 N–H and O–H groups in total. The molecule has 3 rings (SSSR count).